The Labute approximate surface area is 170 Å². The molecule has 1 aromatic carbocycles. The van der Waals surface area contributed by atoms with Gasteiger partial charge >= 0.3 is 42.0 Å². The summed E-state index contributed by atoms with van der Waals surface area (Å²) in [5.41, 5.74) is 0. The van der Waals surface area contributed by atoms with E-state index in [0.29, 0.717) is 18.2 Å². The molecule has 0 atom stereocenters. The Morgan fingerprint density at radius 1 is 0.688 bits per heavy atom. The number of hydrogen-bond acceptors (Lipinski definition) is 4. The van der Waals surface area contributed by atoms with E-state index in [1.807, 2.05) is 0 Å². The third kappa shape index (κ3) is 4.88. The molecular weight excluding hydrogens is 514 g/mol. The summed E-state index contributed by atoms with van der Waals surface area (Å²) in [7, 11) is 0. The van der Waals surface area contributed by atoms with E-state index in [2.05, 4.69) is 4.74 Å². The van der Waals surface area contributed by atoms with Gasteiger partial charge in [-0.05, 0) is 30.0 Å². The molecule has 0 bridgehead atoms. The number of carbonyl (C=O) groups excluding carboxylic acids is 2. The lowest BCUT2D eigenvalue weighted by Crippen LogP contribution is -2.57. The van der Waals surface area contributed by atoms with Crippen molar-refractivity contribution in [1.29, 1.82) is 0 Å². The minimum Gasteiger partial charge on any atom is -0.422 e. The minimum absolute atomic E-state index is 0.0735. The smallest absolute Gasteiger partial charge is 0.422 e. The van der Waals surface area contributed by atoms with Gasteiger partial charge in [-0.3, -0.25) is 4.79 Å². The van der Waals surface area contributed by atoms with Crippen molar-refractivity contribution in [2.45, 2.75) is 40.9 Å². The number of hydrogen-bond donors (Lipinski definition) is 0. The molecule has 18 heteroatoms. The number of ether oxygens (including phenoxy) is 1. The Balaban J connectivity index is 3.12. The maximum atomic E-state index is 13.3. The van der Waals surface area contributed by atoms with Crippen LogP contribution in [0, 0.1) is 0 Å². The normalized spacial score (nSPS) is 14.3. The first-order valence-electron chi connectivity index (χ1n) is 7.19. The third-order valence-electron chi connectivity index (χ3n) is 3.24. The van der Waals surface area contributed by atoms with Gasteiger partial charge in [0.15, 0.2) is 0 Å². The van der Waals surface area contributed by atoms with Crippen LogP contribution in [-0.2, 0) is 9.59 Å². The lowest BCUT2D eigenvalue weighted by atomic mass is 10.1. The van der Waals surface area contributed by atoms with Crippen molar-refractivity contribution in [3.05, 3.63) is 24.3 Å². The molecule has 0 saturated carbocycles. The molecule has 0 aliphatic carbocycles. The lowest BCUT2D eigenvalue weighted by molar-refractivity contribution is -0.346. The van der Waals surface area contributed by atoms with Crippen molar-refractivity contribution in [2.24, 2.45) is 0 Å². The molecular formula is C14H4F14O3S. The second-order valence-electron chi connectivity index (χ2n) is 5.55. The van der Waals surface area contributed by atoms with Crippen molar-refractivity contribution in [2.75, 3.05) is 0 Å². The fraction of sp³-hybridized carbons (Fsp3) is 0.429. The van der Waals surface area contributed by atoms with Gasteiger partial charge in [0.25, 0.3) is 5.12 Å². The number of esters is 1. The van der Waals surface area contributed by atoms with Crippen molar-refractivity contribution < 1.29 is 75.8 Å². The molecule has 0 aromatic heterocycles. The standard InChI is InChI=1S/C14H4F14O3S/c15-9(16,11(19,20)13(23,24)25)7(29)31-5-2-1-3-6(4-5)32-8(30)10(17,18)12(21,22)14(26,27)28/h1-4H. The zero-order valence-electron chi connectivity index (χ0n) is 14.2. The van der Waals surface area contributed by atoms with E-state index in [-0.39, 0.29) is 6.07 Å². The van der Waals surface area contributed by atoms with Gasteiger partial charge in [-0.15, -0.1) is 0 Å². The van der Waals surface area contributed by atoms with Gasteiger partial charge in [-0.1, -0.05) is 6.07 Å². The summed E-state index contributed by atoms with van der Waals surface area (Å²) in [6.45, 7) is 0. The van der Waals surface area contributed by atoms with Gasteiger partial charge in [0, 0.05) is 4.90 Å². The molecule has 0 fully saturated rings. The highest BCUT2D eigenvalue weighted by atomic mass is 32.2. The zero-order chi connectivity index (χ0) is 25.6. The fourth-order valence-electron chi connectivity index (χ4n) is 1.56. The van der Waals surface area contributed by atoms with Crippen LogP contribution in [0.3, 0.4) is 0 Å². The molecule has 3 nitrogen and oxygen atoms in total. The van der Waals surface area contributed by atoms with Crippen LogP contribution >= 0.6 is 11.8 Å². The molecule has 32 heavy (non-hydrogen) atoms. The van der Waals surface area contributed by atoms with Crippen LogP contribution in [0.2, 0.25) is 0 Å². The summed E-state index contributed by atoms with van der Waals surface area (Å²) in [5.74, 6) is -31.4. The Morgan fingerprint density at radius 3 is 1.56 bits per heavy atom. The summed E-state index contributed by atoms with van der Waals surface area (Å²) >= 11 is -1.02. The van der Waals surface area contributed by atoms with Crippen LogP contribution in [0.5, 0.6) is 5.75 Å². The van der Waals surface area contributed by atoms with Gasteiger partial charge in [-0.2, -0.15) is 61.5 Å². The summed E-state index contributed by atoms with van der Waals surface area (Å²) in [6.07, 6.45) is -13.8. The molecule has 182 valence electrons. The molecule has 0 spiro atoms. The molecule has 0 heterocycles. The Bertz CT molecular complexity index is 807. The van der Waals surface area contributed by atoms with Gasteiger partial charge in [0.1, 0.15) is 5.75 Å². The third-order valence-corrected chi connectivity index (χ3v) is 4.17. The number of rotatable bonds is 6. The Hall–Kier alpha value is -2.27. The van der Waals surface area contributed by atoms with Gasteiger partial charge < -0.3 is 4.74 Å². The van der Waals surface area contributed by atoms with Crippen LogP contribution in [0.4, 0.5) is 61.5 Å². The maximum absolute atomic E-state index is 13.3. The average molecular weight is 518 g/mol. The summed E-state index contributed by atoms with van der Waals surface area (Å²) < 4.78 is 180. The largest absolute Gasteiger partial charge is 0.460 e. The van der Waals surface area contributed by atoms with Gasteiger partial charge in [0.2, 0.25) is 0 Å². The topological polar surface area (TPSA) is 43.4 Å². The highest BCUT2D eigenvalue weighted by Crippen LogP contribution is 2.49. The maximum Gasteiger partial charge on any atom is 0.460 e. The fourth-order valence-corrected chi connectivity index (χ4v) is 2.35. The summed E-state index contributed by atoms with van der Waals surface area (Å²) in [6, 6.07) is 1.52. The lowest BCUT2D eigenvalue weighted by Gasteiger charge is -2.26. The molecule has 0 amide bonds. The summed E-state index contributed by atoms with van der Waals surface area (Å²) in [5, 5.41) is -3.11. The quantitative estimate of drug-likeness (QED) is 0.204. The van der Waals surface area contributed by atoms with Crippen LogP contribution in [-0.4, -0.2) is 47.1 Å². The molecule has 0 unspecified atom stereocenters. The first kappa shape index (κ1) is 27.8. The highest BCUT2D eigenvalue weighted by Gasteiger charge is 2.78. The van der Waals surface area contributed by atoms with E-state index in [1.54, 1.807) is 0 Å². The van der Waals surface area contributed by atoms with E-state index in [4.69, 9.17) is 0 Å². The Morgan fingerprint density at radius 2 is 1.12 bits per heavy atom. The van der Waals surface area contributed by atoms with E-state index in [9.17, 15) is 71.1 Å². The first-order valence-corrected chi connectivity index (χ1v) is 8.01. The van der Waals surface area contributed by atoms with Gasteiger partial charge in [0.05, 0.1) is 0 Å². The van der Waals surface area contributed by atoms with Crippen molar-refractivity contribution in [3.8, 4) is 5.75 Å². The molecule has 1 aromatic rings. The van der Waals surface area contributed by atoms with Crippen molar-refractivity contribution in [3.63, 3.8) is 0 Å². The number of benzene rings is 1. The molecule has 0 aliphatic heterocycles. The van der Waals surface area contributed by atoms with E-state index in [0.717, 1.165) is 0 Å². The number of halogens is 14. The van der Waals surface area contributed by atoms with E-state index >= 15 is 0 Å². The monoisotopic (exact) mass is 518 g/mol. The predicted molar refractivity (Wildman–Crippen MR) is 74.8 cm³/mol. The van der Waals surface area contributed by atoms with E-state index < -0.39 is 69.5 Å². The second kappa shape index (κ2) is 8.26. The molecule has 0 saturated heterocycles. The number of thioether (sulfide) groups is 1. The minimum atomic E-state index is -6.91. The molecule has 0 radical (unpaired) electrons. The molecule has 0 aliphatic rings. The zero-order valence-corrected chi connectivity index (χ0v) is 15.1. The Kier molecular flexibility index (Phi) is 7.16. The van der Waals surface area contributed by atoms with Crippen LogP contribution in [0.1, 0.15) is 0 Å². The number of carbonyl (C=O) groups is 2. The average Bonchev–Trinajstić information content (AvgIpc) is 2.59. The van der Waals surface area contributed by atoms with E-state index in [1.165, 1.54) is 0 Å². The second-order valence-corrected chi connectivity index (χ2v) is 6.59. The van der Waals surface area contributed by atoms with Crippen LogP contribution < -0.4 is 4.74 Å². The van der Waals surface area contributed by atoms with Crippen molar-refractivity contribution in [1.82, 2.24) is 0 Å². The predicted octanol–water partition coefficient (Wildman–Crippen LogP) is 5.88. The van der Waals surface area contributed by atoms with Gasteiger partial charge in [-0.25, -0.2) is 4.79 Å². The SMILES string of the molecule is O=C(Oc1cccc(SC(=O)C(F)(F)C(F)(F)C(F)(F)F)c1)C(F)(F)C(F)(F)C(F)(F)F. The van der Waals surface area contributed by atoms with Crippen LogP contribution in [0.15, 0.2) is 29.2 Å². The van der Waals surface area contributed by atoms with Crippen molar-refractivity contribution >= 4 is 22.8 Å². The summed E-state index contributed by atoms with van der Waals surface area (Å²) in [4.78, 5) is 21.3. The highest BCUT2D eigenvalue weighted by molar-refractivity contribution is 8.13. The molecule has 0 N–H and O–H groups in total. The molecule has 1 rings (SSSR count). The first-order chi connectivity index (χ1) is 14.0. The number of alkyl halides is 14. The van der Waals surface area contributed by atoms with Crippen LogP contribution in [0.25, 0.3) is 0 Å².